The molecule has 16 heavy (non-hydrogen) atoms. The maximum absolute atomic E-state index is 11.6. The summed E-state index contributed by atoms with van der Waals surface area (Å²) in [5, 5.41) is 0. The summed E-state index contributed by atoms with van der Waals surface area (Å²) in [5.41, 5.74) is 10.9. The van der Waals surface area contributed by atoms with Gasteiger partial charge in [-0.1, -0.05) is 6.92 Å². The predicted molar refractivity (Wildman–Crippen MR) is 62.8 cm³/mol. The Hall–Kier alpha value is -1.60. The van der Waals surface area contributed by atoms with E-state index in [4.69, 9.17) is 11.5 Å². The molecule has 7 heteroatoms. The average Bonchev–Trinajstić information content (AvgIpc) is 2.17. The summed E-state index contributed by atoms with van der Waals surface area (Å²) in [6.45, 7) is 2.06. The molecule has 0 saturated carbocycles. The molecule has 1 aromatic carbocycles. The number of hydrogen-bond donors (Lipinski definition) is 3. The monoisotopic (exact) mass is 242 g/mol. The standard InChI is InChI=1S/C9H14N4O2S/c1-2-12-16(14,15)8-5-3-7(4-6-8)13-9(10)11/h3-6,12H,2H2,1H3,(H4,10,11,13). The number of guanidine groups is 1. The van der Waals surface area contributed by atoms with Crippen LogP contribution in [0.2, 0.25) is 0 Å². The molecule has 0 aliphatic carbocycles. The van der Waals surface area contributed by atoms with Gasteiger partial charge >= 0.3 is 0 Å². The zero-order valence-corrected chi connectivity index (χ0v) is 9.66. The summed E-state index contributed by atoms with van der Waals surface area (Å²) in [5.74, 6) is -0.0673. The minimum Gasteiger partial charge on any atom is -0.370 e. The number of nitrogens with zero attached hydrogens (tertiary/aromatic N) is 1. The Morgan fingerprint density at radius 3 is 2.31 bits per heavy atom. The van der Waals surface area contributed by atoms with Crippen LogP contribution < -0.4 is 16.2 Å². The lowest BCUT2D eigenvalue weighted by Crippen LogP contribution is -2.23. The molecule has 0 unspecified atom stereocenters. The number of benzene rings is 1. The van der Waals surface area contributed by atoms with E-state index in [1.807, 2.05) is 0 Å². The summed E-state index contributed by atoms with van der Waals surface area (Å²) in [7, 11) is -3.42. The third-order valence-corrected chi connectivity index (χ3v) is 3.30. The lowest BCUT2D eigenvalue weighted by atomic mass is 10.3. The first kappa shape index (κ1) is 12.5. The lowest BCUT2D eigenvalue weighted by molar-refractivity contribution is 0.584. The molecular weight excluding hydrogens is 228 g/mol. The predicted octanol–water partition coefficient (Wildman–Crippen LogP) is -0.110. The van der Waals surface area contributed by atoms with Crippen molar-refractivity contribution in [2.24, 2.45) is 16.5 Å². The second-order valence-corrected chi connectivity index (χ2v) is 4.80. The number of nitrogens with two attached hydrogens (primary N) is 2. The molecule has 1 aromatic rings. The quantitative estimate of drug-likeness (QED) is 0.505. The van der Waals surface area contributed by atoms with E-state index in [1.54, 1.807) is 6.92 Å². The van der Waals surface area contributed by atoms with Gasteiger partial charge in [-0.15, -0.1) is 0 Å². The smallest absolute Gasteiger partial charge is 0.240 e. The minimum absolute atomic E-state index is 0.0673. The summed E-state index contributed by atoms with van der Waals surface area (Å²) >= 11 is 0. The van der Waals surface area contributed by atoms with Crippen molar-refractivity contribution in [3.05, 3.63) is 24.3 Å². The van der Waals surface area contributed by atoms with Gasteiger partial charge in [0.1, 0.15) is 0 Å². The van der Waals surface area contributed by atoms with Crippen LogP contribution in [-0.2, 0) is 10.0 Å². The van der Waals surface area contributed by atoms with Crippen molar-refractivity contribution in [2.75, 3.05) is 6.54 Å². The molecule has 6 nitrogen and oxygen atoms in total. The van der Waals surface area contributed by atoms with Crippen molar-refractivity contribution in [1.29, 1.82) is 0 Å². The Morgan fingerprint density at radius 1 is 1.31 bits per heavy atom. The zero-order valence-electron chi connectivity index (χ0n) is 8.84. The van der Waals surface area contributed by atoms with Crippen LogP contribution in [0.5, 0.6) is 0 Å². The van der Waals surface area contributed by atoms with E-state index in [0.717, 1.165) is 0 Å². The summed E-state index contributed by atoms with van der Waals surface area (Å²) in [6, 6.07) is 5.95. The van der Waals surface area contributed by atoms with Crippen molar-refractivity contribution in [3.63, 3.8) is 0 Å². The highest BCUT2D eigenvalue weighted by molar-refractivity contribution is 7.89. The number of sulfonamides is 1. The highest BCUT2D eigenvalue weighted by atomic mass is 32.2. The van der Waals surface area contributed by atoms with E-state index in [0.29, 0.717) is 12.2 Å². The van der Waals surface area contributed by atoms with Crippen LogP contribution in [0.15, 0.2) is 34.2 Å². The first-order valence-corrected chi connectivity index (χ1v) is 6.13. The van der Waals surface area contributed by atoms with Gasteiger partial charge in [0.05, 0.1) is 10.6 Å². The number of aliphatic imine (C=N–C) groups is 1. The van der Waals surface area contributed by atoms with E-state index in [9.17, 15) is 8.42 Å². The highest BCUT2D eigenvalue weighted by Crippen LogP contribution is 2.15. The van der Waals surface area contributed by atoms with Gasteiger partial charge in [-0.05, 0) is 24.3 Å². The SMILES string of the molecule is CCNS(=O)(=O)c1ccc(N=C(N)N)cc1. The fourth-order valence-electron chi connectivity index (χ4n) is 1.12. The molecule has 0 aliphatic rings. The van der Waals surface area contributed by atoms with E-state index in [-0.39, 0.29) is 10.9 Å². The molecule has 0 aliphatic heterocycles. The van der Waals surface area contributed by atoms with E-state index in [2.05, 4.69) is 9.71 Å². The topological polar surface area (TPSA) is 111 Å². The Balaban J connectivity index is 3.00. The van der Waals surface area contributed by atoms with E-state index < -0.39 is 10.0 Å². The van der Waals surface area contributed by atoms with Gasteiger partial charge in [0.2, 0.25) is 10.0 Å². The van der Waals surface area contributed by atoms with Crippen LogP contribution in [0.25, 0.3) is 0 Å². The van der Waals surface area contributed by atoms with Gasteiger partial charge in [-0.3, -0.25) is 0 Å². The van der Waals surface area contributed by atoms with Crippen LogP contribution in [0, 0.1) is 0 Å². The molecule has 1 rings (SSSR count). The number of rotatable bonds is 4. The Morgan fingerprint density at radius 2 is 1.88 bits per heavy atom. The third kappa shape index (κ3) is 3.21. The van der Waals surface area contributed by atoms with Crippen LogP contribution in [-0.4, -0.2) is 20.9 Å². The molecule has 0 fully saturated rings. The van der Waals surface area contributed by atoms with Gasteiger partial charge in [-0.25, -0.2) is 18.1 Å². The second-order valence-electron chi connectivity index (χ2n) is 3.03. The van der Waals surface area contributed by atoms with Crippen molar-refractivity contribution in [2.45, 2.75) is 11.8 Å². The first-order valence-electron chi connectivity index (χ1n) is 4.65. The van der Waals surface area contributed by atoms with Crippen molar-refractivity contribution in [1.82, 2.24) is 4.72 Å². The second kappa shape index (κ2) is 4.95. The minimum atomic E-state index is -3.42. The fraction of sp³-hybridized carbons (Fsp3) is 0.222. The fourth-order valence-corrected chi connectivity index (χ4v) is 2.16. The Kier molecular flexibility index (Phi) is 3.86. The molecule has 88 valence electrons. The van der Waals surface area contributed by atoms with Gasteiger partial charge in [0, 0.05) is 6.54 Å². The van der Waals surface area contributed by atoms with Gasteiger partial charge in [-0.2, -0.15) is 0 Å². The number of hydrogen-bond acceptors (Lipinski definition) is 3. The first-order chi connectivity index (χ1) is 7.45. The van der Waals surface area contributed by atoms with Crippen molar-refractivity contribution < 1.29 is 8.42 Å². The van der Waals surface area contributed by atoms with Crippen LogP contribution in [0.3, 0.4) is 0 Å². The van der Waals surface area contributed by atoms with Crippen molar-refractivity contribution >= 4 is 21.7 Å². The molecule has 0 amide bonds. The molecule has 0 bridgehead atoms. The van der Waals surface area contributed by atoms with E-state index in [1.165, 1.54) is 24.3 Å². The normalized spacial score (nSPS) is 11.1. The zero-order chi connectivity index (χ0) is 12.2. The molecule has 0 radical (unpaired) electrons. The summed E-state index contributed by atoms with van der Waals surface area (Å²) < 4.78 is 25.5. The highest BCUT2D eigenvalue weighted by Gasteiger charge is 2.11. The summed E-state index contributed by atoms with van der Waals surface area (Å²) in [4.78, 5) is 3.97. The Labute approximate surface area is 94.4 Å². The molecule has 0 heterocycles. The molecule has 0 aromatic heterocycles. The third-order valence-electron chi connectivity index (χ3n) is 1.74. The van der Waals surface area contributed by atoms with Gasteiger partial charge in [0.15, 0.2) is 5.96 Å². The van der Waals surface area contributed by atoms with Crippen molar-refractivity contribution in [3.8, 4) is 0 Å². The molecule has 0 saturated heterocycles. The van der Waals surface area contributed by atoms with Crippen LogP contribution in [0.4, 0.5) is 5.69 Å². The van der Waals surface area contributed by atoms with Gasteiger partial charge in [0.25, 0.3) is 0 Å². The lowest BCUT2D eigenvalue weighted by Gasteiger charge is -2.04. The van der Waals surface area contributed by atoms with Crippen LogP contribution >= 0.6 is 0 Å². The maximum Gasteiger partial charge on any atom is 0.240 e. The van der Waals surface area contributed by atoms with E-state index >= 15 is 0 Å². The molecule has 0 atom stereocenters. The van der Waals surface area contributed by atoms with Gasteiger partial charge < -0.3 is 11.5 Å². The largest absolute Gasteiger partial charge is 0.370 e. The number of nitrogens with one attached hydrogen (secondary N) is 1. The summed E-state index contributed by atoms with van der Waals surface area (Å²) in [6.07, 6.45) is 0. The van der Waals surface area contributed by atoms with Crippen LogP contribution in [0.1, 0.15) is 6.92 Å². The molecule has 0 spiro atoms. The molecular formula is C9H14N4O2S. The molecule has 5 N–H and O–H groups in total. The average molecular weight is 242 g/mol. The maximum atomic E-state index is 11.6. The Bertz CT molecular complexity index is 475.